The van der Waals surface area contributed by atoms with E-state index in [2.05, 4.69) is 10.3 Å². The molecule has 136 valence electrons. The molecular weight excluding hydrogens is 337 g/mol. The SMILES string of the molecule is CCOC(=O)c1cccc2c1OB(O)C(NC(=O)CCn1ccnc1)C2. The number of carbonyl (C=O) groups excluding carboxylic acids is 2. The van der Waals surface area contributed by atoms with Crippen molar-refractivity contribution in [3.63, 3.8) is 0 Å². The number of aromatic nitrogens is 2. The van der Waals surface area contributed by atoms with Gasteiger partial charge in [-0.25, -0.2) is 9.78 Å². The van der Waals surface area contributed by atoms with E-state index < -0.39 is 19.0 Å². The topological polar surface area (TPSA) is 103 Å². The molecule has 1 aliphatic heterocycles. The molecule has 0 bridgehead atoms. The molecular formula is C17H20BN3O5. The average molecular weight is 357 g/mol. The summed E-state index contributed by atoms with van der Waals surface area (Å²) >= 11 is 0. The molecule has 1 aromatic heterocycles. The number of esters is 1. The van der Waals surface area contributed by atoms with Crippen molar-refractivity contribution in [3.8, 4) is 5.75 Å². The van der Waals surface area contributed by atoms with Gasteiger partial charge < -0.3 is 24.3 Å². The maximum Gasteiger partial charge on any atom is 0.547 e. The van der Waals surface area contributed by atoms with Crippen molar-refractivity contribution >= 4 is 19.0 Å². The lowest BCUT2D eigenvalue weighted by atomic mass is 9.72. The van der Waals surface area contributed by atoms with Crippen molar-refractivity contribution in [1.29, 1.82) is 0 Å². The third kappa shape index (κ3) is 4.05. The van der Waals surface area contributed by atoms with Crippen LogP contribution in [0.4, 0.5) is 0 Å². The van der Waals surface area contributed by atoms with Crippen LogP contribution < -0.4 is 9.97 Å². The van der Waals surface area contributed by atoms with Crippen LogP contribution in [-0.2, 0) is 22.5 Å². The Kier molecular flexibility index (Phi) is 5.57. The van der Waals surface area contributed by atoms with Crippen molar-refractivity contribution in [3.05, 3.63) is 48.0 Å². The van der Waals surface area contributed by atoms with Crippen LogP contribution in [0.2, 0.25) is 0 Å². The fourth-order valence-electron chi connectivity index (χ4n) is 2.85. The minimum Gasteiger partial charge on any atom is -0.534 e. The van der Waals surface area contributed by atoms with Gasteiger partial charge in [0.1, 0.15) is 11.3 Å². The molecule has 0 radical (unpaired) electrons. The van der Waals surface area contributed by atoms with E-state index in [1.807, 2.05) is 0 Å². The van der Waals surface area contributed by atoms with Crippen molar-refractivity contribution < 1.29 is 24.0 Å². The lowest BCUT2D eigenvalue weighted by molar-refractivity contribution is -0.121. The number of nitrogens with one attached hydrogen (secondary N) is 1. The molecule has 2 N–H and O–H groups in total. The minimum atomic E-state index is -1.24. The largest absolute Gasteiger partial charge is 0.547 e. The van der Waals surface area contributed by atoms with Gasteiger partial charge in [-0.2, -0.15) is 0 Å². The number of benzene rings is 1. The average Bonchev–Trinajstić information content (AvgIpc) is 3.14. The van der Waals surface area contributed by atoms with E-state index in [0.29, 0.717) is 18.7 Å². The molecule has 1 unspecified atom stereocenters. The maximum atomic E-state index is 12.1. The minimum absolute atomic E-state index is 0.198. The number of para-hydroxylation sites is 1. The number of ether oxygens (including phenoxy) is 1. The highest BCUT2D eigenvalue weighted by Gasteiger charge is 2.37. The second kappa shape index (κ2) is 8.05. The highest BCUT2D eigenvalue weighted by atomic mass is 16.5. The normalized spacial score (nSPS) is 15.8. The molecule has 1 aliphatic rings. The number of imidazole rings is 1. The third-order valence-electron chi connectivity index (χ3n) is 4.12. The molecule has 0 aliphatic carbocycles. The van der Waals surface area contributed by atoms with E-state index in [9.17, 15) is 14.6 Å². The van der Waals surface area contributed by atoms with Gasteiger partial charge in [0.05, 0.1) is 18.9 Å². The number of nitrogens with zero attached hydrogens (tertiary/aromatic N) is 2. The van der Waals surface area contributed by atoms with Crippen LogP contribution >= 0.6 is 0 Å². The van der Waals surface area contributed by atoms with Gasteiger partial charge in [0.15, 0.2) is 0 Å². The van der Waals surface area contributed by atoms with E-state index >= 15 is 0 Å². The molecule has 0 saturated heterocycles. The van der Waals surface area contributed by atoms with E-state index in [1.54, 1.807) is 48.4 Å². The monoisotopic (exact) mass is 357 g/mol. The number of amides is 1. The Morgan fingerprint density at radius 1 is 1.50 bits per heavy atom. The van der Waals surface area contributed by atoms with Crippen LogP contribution in [0.1, 0.15) is 29.3 Å². The Labute approximate surface area is 151 Å². The summed E-state index contributed by atoms with van der Waals surface area (Å²) in [5, 5.41) is 13.0. The first-order valence-corrected chi connectivity index (χ1v) is 8.47. The van der Waals surface area contributed by atoms with Gasteiger partial charge in [0.25, 0.3) is 0 Å². The Balaban J connectivity index is 1.65. The lowest BCUT2D eigenvalue weighted by Crippen LogP contribution is -2.53. The first-order valence-electron chi connectivity index (χ1n) is 8.47. The summed E-state index contributed by atoms with van der Waals surface area (Å²) < 4.78 is 12.3. The summed E-state index contributed by atoms with van der Waals surface area (Å²) in [6.45, 7) is 2.47. The van der Waals surface area contributed by atoms with Gasteiger partial charge >= 0.3 is 13.1 Å². The third-order valence-corrected chi connectivity index (χ3v) is 4.12. The lowest BCUT2D eigenvalue weighted by Gasteiger charge is -2.29. The standard InChI is InChI=1S/C17H20BN3O5/c1-2-25-17(23)13-5-3-4-12-10-14(18(24)26-16(12)13)20-15(22)6-8-21-9-7-19-11-21/h3-5,7,9,11,14,24H,2,6,8,10H2,1H3,(H,20,22). The molecule has 3 rings (SSSR count). The Morgan fingerprint density at radius 3 is 3.08 bits per heavy atom. The molecule has 1 atom stereocenters. The summed E-state index contributed by atoms with van der Waals surface area (Å²) in [6, 6.07) is 5.12. The van der Waals surface area contributed by atoms with Crippen molar-refractivity contribution in [1.82, 2.24) is 14.9 Å². The predicted octanol–water partition coefficient (Wildman–Crippen LogP) is 0.589. The van der Waals surface area contributed by atoms with Gasteiger partial charge in [0, 0.05) is 25.4 Å². The van der Waals surface area contributed by atoms with E-state index in [1.165, 1.54) is 0 Å². The zero-order valence-electron chi connectivity index (χ0n) is 14.4. The molecule has 9 heteroatoms. The van der Waals surface area contributed by atoms with Crippen LogP contribution in [0.5, 0.6) is 5.75 Å². The highest BCUT2D eigenvalue weighted by molar-refractivity contribution is 6.47. The molecule has 2 heterocycles. The van der Waals surface area contributed by atoms with Crippen LogP contribution in [0.15, 0.2) is 36.9 Å². The van der Waals surface area contributed by atoms with Gasteiger partial charge in [0.2, 0.25) is 5.91 Å². The number of carbonyl (C=O) groups is 2. The maximum absolute atomic E-state index is 12.1. The molecule has 26 heavy (non-hydrogen) atoms. The van der Waals surface area contributed by atoms with Crippen molar-refractivity contribution in [2.75, 3.05) is 6.61 Å². The number of rotatable bonds is 6. The van der Waals surface area contributed by atoms with Gasteiger partial charge in [-0.1, -0.05) is 12.1 Å². The molecule has 8 nitrogen and oxygen atoms in total. The highest BCUT2D eigenvalue weighted by Crippen LogP contribution is 2.30. The predicted molar refractivity (Wildman–Crippen MR) is 93.5 cm³/mol. The summed E-state index contributed by atoms with van der Waals surface area (Å²) in [4.78, 5) is 28.1. The molecule has 1 amide bonds. The molecule has 2 aromatic rings. The smallest absolute Gasteiger partial charge is 0.534 e. The second-order valence-corrected chi connectivity index (χ2v) is 5.95. The van der Waals surface area contributed by atoms with Crippen molar-refractivity contribution in [2.24, 2.45) is 0 Å². The zero-order valence-corrected chi connectivity index (χ0v) is 14.4. The number of hydrogen-bond acceptors (Lipinski definition) is 6. The second-order valence-electron chi connectivity index (χ2n) is 5.95. The van der Waals surface area contributed by atoms with Crippen LogP contribution in [0.25, 0.3) is 0 Å². The Hall–Kier alpha value is -2.81. The van der Waals surface area contributed by atoms with Crippen LogP contribution in [0, 0.1) is 0 Å². The number of fused-ring (bicyclic) bond motifs is 1. The van der Waals surface area contributed by atoms with Gasteiger partial charge in [-0.3, -0.25) is 4.79 Å². The van der Waals surface area contributed by atoms with Crippen LogP contribution in [-0.4, -0.2) is 46.1 Å². The molecule has 0 fully saturated rings. The van der Waals surface area contributed by atoms with Gasteiger partial charge in [-0.05, 0) is 25.0 Å². The summed E-state index contributed by atoms with van der Waals surface area (Å²) in [6.07, 6.45) is 5.68. The Morgan fingerprint density at radius 2 is 2.35 bits per heavy atom. The quantitative estimate of drug-likeness (QED) is 0.580. The fourth-order valence-corrected chi connectivity index (χ4v) is 2.85. The van der Waals surface area contributed by atoms with E-state index in [4.69, 9.17) is 9.39 Å². The zero-order chi connectivity index (χ0) is 18.5. The summed E-state index contributed by atoms with van der Waals surface area (Å²) in [5.74, 6) is -0.978. The fraction of sp³-hybridized carbons (Fsp3) is 0.353. The molecule has 0 spiro atoms. The molecule has 0 saturated carbocycles. The van der Waals surface area contributed by atoms with E-state index in [-0.39, 0.29) is 24.5 Å². The number of aryl methyl sites for hydroxylation is 1. The molecule has 1 aromatic carbocycles. The van der Waals surface area contributed by atoms with Crippen molar-refractivity contribution in [2.45, 2.75) is 32.3 Å². The summed E-state index contributed by atoms with van der Waals surface area (Å²) in [5.41, 5.74) is 1.01. The number of hydrogen-bond donors (Lipinski definition) is 2. The Bertz CT molecular complexity index is 781. The first kappa shape index (κ1) is 18.0. The van der Waals surface area contributed by atoms with Crippen LogP contribution in [0.3, 0.4) is 0 Å². The van der Waals surface area contributed by atoms with E-state index in [0.717, 1.165) is 5.56 Å². The van der Waals surface area contributed by atoms with Gasteiger partial charge in [-0.15, -0.1) is 0 Å². The first-order chi connectivity index (χ1) is 12.6. The summed E-state index contributed by atoms with van der Waals surface area (Å²) in [7, 11) is -1.24.